The quantitative estimate of drug-likeness (QED) is 0.932. The van der Waals surface area contributed by atoms with Gasteiger partial charge in [0.25, 0.3) is 0 Å². The van der Waals surface area contributed by atoms with Gasteiger partial charge in [0.15, 0.2) is 0 Å². The van der Waals surface area contributed by atoms with Crippen LogP contribution in [0.4, 0.5) is 0 Å². The van der Waals surface area contributed by atoms with Gasteiger partial charge in [0, 0.05) is 55.6 Å². The third kappa shape index (κ3) is 3.07. The van der Waals surface area contributed by atoms with Gasteiger partial charge in [-0.25, -0.2) is 9.97 Å². The molecule has 5 heteroatoms. The third-order valence-corrected chi connectivity index (χ3v) is 5.87. The van der Waals surface area contributed by atoms with Crippen molar-refractivity contribution >= 4 is 0 Å². The molecule has 2 aromatic heterocycles. The number of piperidine rings is 1. The number of fused-ring (bicyclic) bond motifs is 2. The molecule has 0 amide bonds. The van der Waals surface area contributed by atoms with Crippen LogP contribution in [0.15, 0.2) is 30.7 Å². The van der Waals surface area contributed by atoms with Crippen LogP contribution in [-0.4, -0.2) is 38.0 Å². The fraction of sp³-hybridized carbons (Fsp3) is 0.550. The van der Waals surface area contributed by atoms with Crippen LogP contribution in [0.2, 0.25) is 0 Å². The first kappa shape index (κ1) is 16.6. The summed E-state index contributed by atoms with van der Waals surface area (Å²) in [6.45, 7) is 6.59. The van der Waals surface area contributed by atoms with Gasteiger partial charge in [-0.3, -0.25) is 9.88 Å². The second kappa shape index (κ2) is 6.46. The summed E-state index contributed by atoms with van der Waals surface area (Å²) < 4.78 is 0. The number of hydrogen-bond donors (Lipinski definition) is 1. The molecule has 25 heavy (non-hydrogen) atoms. The molecule has 132 valence electrons. The Morgan fingerprint density at radius 1 is 1.04 bits per heavy atom. The van der Waals surface area contributed by atoms with Gasteiger partial charge >= 0.3 is 0 Å². The van der Waals surface area contributed by atoms with Gasteiger partial charge in [0.05, 0.1) is 5.69 Å². The van der Waals surface area contributed by atoms with E-state index >= 15 is 0 Å². The summed E-state index contributed by atoms with van der Waals surface area (Å²) in [5.74, 6) is 1.28. The number of aromatic nitrogens is 3. The second-order valence-corrected chi connectivity index (χ2v) is 7.70. The van der Waals surface area contributed by atoms with E-state index in [1.807, 2.05) is 38.5 Å². The minimum absolute atomic E-state index is 0.238. The van der Waals surface area contributed by atoms with Crippen LogP contribution >= 0.6 is 0 Å². The summed E-state index contributed by atoms with van der Waals surface area (Å²) in [7, 11) is 0. The van der Waals surface area contributed by atoms with E-state index in [9.17, 15) is 5.11 Å². The molecule has 0 spiro atoms. The van der Waals surface area contributed by atoms with E-state index in [0.29, 0.717) is 0 Å². The predicted octanol–water partition coefficient (Wildman–Crippen LogP) is 2.61. The molecule has 1 saturated heterocycles. The van der Waals surface area contributed by atoms with Crippen molar-refractivity contribution in [3.8, 4) is 0 Å². The Morgan fingerprint density at radius 2 is 1.72 bits per heavy atom. The summed E-state index contributed by atoms with van der Waals surface area (Å²) in [6, 6.07) is 4.08. The molecule has 0 unspecified atom stereocenters. The summed E-state index contributed by atoms with van der Waals surface area (Å²) in [5, 5.41) is 11.6. The van der Waals surface area contributed by atoms with Crippen molar-refractivity contribution in [3.05, 3.63) is 53.4 Å². The molecule has 1 N–H and O–H groups in total. The lowest BCUT2D eigenvalue weighted by molar-refractivity contribution is -0.151. The van der Waals surface area contributed by atoms with Crippen molar-refractivity contribution in [2.75, 3.05) is 13.1 Å². The van der Waals surface area contributed by atoms with Crippen LogP contribution in [0.1, 0.15) is 41.9 Å². The van der Waals surface area contributed by atoms with Crippen molar-refractivity contribution in [1.82, 2.24) is 19.9 Å². The van der Waals surface area contributed by atoms with Crippen LogP contribution in [0, 0.1) is 25.7 Å². The molecule has 2 atom stereocenters. The SMILES string of the molecule is Cc1ccc(C2(O)[C@H]3CCC[C@H]2CN(Cc2cnc(C)nc2)C3)nc1. The van der Waals surface area contributed by atoms with Crippen LogP contribution in [0.5, 0.6) is 0 Å². The monoisotopic (exact) mass is 338 g/mol. The molecule has 2 bridgehead atoms. The average Bonchev–Trinajstić information content (AvgIpc) is 2.58. The van der Waals surface area contributed by atoms with Gasteiger partial charge in [-0.15, -0.1) is 0 Å². The molecule has 2 aromatic rings. The molecule has 1 saturated carbocycles. The van der Waals surface area contributed by atoms with Gasteiger partial charge in [-0.2, -0.15) is 0 Å². The zero-order valence-electron chi connectivity index (χ0n) is 15.0. The highest BCUT2D eigenvalue weighted by Gasteiger charge is 2.52. The fourth-order valence-corrected chi connectivity index (χ4v) is 4.55. The van der Waals surface area contributed by atoms with Crippen molar-refractivity contribution in [2.24, 2.45) is 11.8 Å². The lowest BCUT2D eigenvalue weighted by Gasteiger charge is -2.52. The zero-order valence-corrected chi connectivity index (χ0v) is 15.0. The van der Waals surface area contributed by atoms with Crippen molar-refractivity contribution < 1.29 is 5.11 Å². The van der Waals surface area contributed by atoms with Crippen molar-refractivity contribution in [2.45, 2.75) is 45.3 Å². The zero-order chi connectivity index (χ0) is 17.4. The van der Waals surface area contributed by atoms with Gasteiger partial charge in [0.1, 0.15) is 11.4 Å². The van der Waals surface area contributed by atoms with Gasteiger partial charge < -0.3 is 5.11 Å². The summed E-state index contributed by atoms with van der Waals surface area (Å²) in [5.41, 5.74) is 2.34. The Hall–Kier alpha value is -1.85. The highest BCUT2D eigenvalue weighted by atomic mass is 16.3. The number of pyridine rings is 1. The van der Waals surface area contributed by atoms with Crippen molar-refractivity contribution in [1.29, 1.82) is 0 Å². The minimum atomic E-state index is -0.785. The summed E-state index contributed by atoms with van der Waals surface area (Å²) in [4.78, 5) is 15.6. The molecule has 0 aromatic carbocycles. The highest BCUT2D eigenvalue weighted by Crippen LogP contribution is 2.48. The first-order valence-corrected chi connectivity index (χ1v) is 9.21. The van der Waals surface area contributed by atoms with E-state index in [1.165, 1.54) is 6.42 Å². The molecule has 3 heterocycles. The molecule has 2 aliphatic rings. The first-order chi connectivity index (χ1) is 12.1. The van der Waals surface area contributed by atoms with Crippen LogP contribution in [0.3, 0.4) is 0 Å². The van der Waals surface area contributed by atoms with E-state index < -0.39 is 5.60 Å². The van der Waals surface area contributed by atoms with E-state index in [2.05, 4.69) is 25.9 Å². The number of hydrogen-bond acceptors (Lipinski definition) is 5. The molecule has 1 aliphatic heterocycles. The Morgan fingerprint density at radius 3 is 2.32 bits per heavy atom. The maximum atomic E-state index is 11.6. The van der Waals surface area contributed by atoms with Gasteiger partial charge in [-0.1, -0.05) is 12.5 Å². The first-order valence-electron chi connectivity index (χ1n) is 9.21. The number of aryl methyl sites for hydroxylation is 2. The number of likely N-dealkylation sites (tertiary alicyclic amines) is 1. The second-order valence-electron chi connectivity index (χ2n) is 7.70. The van der Waals surface area contributed by atoms with Gasteiger partial charge in [0.2, 0.25) is 0 Å². The van der Waals surface area contributed by atoms with E-state index in [1.54, 1.807) is 0 Å². The lowest BCUT2D eigenvalue weighted by atomic mass is 9.64. The molecule has 1 aliphatic carbocycles. The topological polar surface area (TPSA) is 62.1 Å². The van der Waals surface area contributed by atoms with Crippen LogP contribution in [0.25, 0.3) is 0 Å². The van der Waals surface area contributed by atoms with Gasteiger partial charge in [-0.05, 0) is 38.3 Å². The Labute approximate surface area is 149 Å². The van der Waals surface area contributed by atoms with Crippen LogP contribution in [-0.2, 0) is 12.1 Å². The fourth-order valence-electron chi connectivity index (χ4n) is 4.55. The number of nitrogens with zero attached hydrogens (tertiary/aromatic N) is 4. The molecule has 0 radical (unpaired) electrons. The normalized spacial score (nSPS) is 29.6. The number of rotatable bonds is 3. The van der Waals surface area contributed by atoms with E-state index in [0.717, 1.165) is 55.1 Å². The molecule has 4 rings (SSSR count). The third-order valence-electron chi connectivity index (χ3n) is 5.87. The Balaban J connectivity index is 1.56. The minimum Gasteiger partial charge on any atom is -0.383 e. The van der Waals surface area contributed by atoms with E-state index in [4.69, 9.17) is 0 Å². The lowest BCUT2D eigenvalue weighted by Crippen LogP contribution is -2.58. The standard InChI is InChI=1S/C20H26N4O/c1-14-6-7-19(23-8-14)20(25)17-4-3-5-18(20)13-24(12-17)11-16-9-21-15(2)22-10-16/h6-10,17-18,25H,3-5,11-13H2,1-2H3/t17-,18-/m0/s1. The Bertz CT molecular complexity index is 714. The summed E-state index contributed by atoms with van der Waals surface area (Å²) >= 11 is 0. The molecular formula is C20H26N4O. The highest BCUT2D eigenvalue weighted by molar-refractivity contribution is 5.22. The maximum absolute atomic E-state index is 11.6. The van der Waals surface area contributed by atoms with Crippen molar-refractivity contribution in [3.63, 3.8) is 0 Å². The maximum Gasteiger partial charge on any atom is 0.125 e. The van der Waals surface area contributed by atoms with Crippen LogP contribution < -0.4 is 0 Å². The molecular weight excluding hydrogens is 312 g/mol. The summed E-state index contributed by atoms with van der Waals surface area (Å²) in [6.07, 6.45) is 9.03. The Kier molecular flexibility index (Phi) is 4.29. The average molecular weight is 338 g/mol. The number of aliphatic hydroxyl groups is 1. The predicted molar refractivity (Wildman–Crippen MR) is 95.7 cm³/mol. The molecule has 2 fully saturated rings. The van der Waals surface area contributed by atoms with E-state index in [-0.39, 0.29) is 11.8 Å². The smallest absolute Gasteiger partial charge is 0.125 e. The largest absolute Gasteiger partial charge is 0.383 e. The molecule has 5 nitrogen and oxygen atoms in total.